The summed E-state index contributed by atoms with van der Waals surface area (Å²) in [6.07, 6.45) is 9.68. The van der Waals surface area contributed by atoms with E-state index >= 15 is 0 Å². The SMILES string of the molecule is CCNC(=NCc1c(CC)noc1CC)NCCCOC1CCCCC1. The van der Waals surface area contributed by atoms with E-state index in [4.69, 9.17) is 14.3 Å². The minimum absolute atomic E-state index is 0.485. The van der Waals surface area contributed by atoms with Crippen LogP contribution in [-0.4, -0.2) is 36.9 Å². The zero-order chi connectivity index (χ0) is 18.6. The van der Waals surface area contributed by atoms with Gasteiger partial charge in [-0.05, 0) is 32.6 Å². The predicted octanol–water partition coefficient (Wildman–Crippen LogP) is 3.59. The van der Waals surface area contributed by atoms with Crippen LogP contribution in [0.15, 0.2) is 9.52 Å². The normalized spacial score (nSPS) is 16.0. The molecule has 1 aliphatic carbocycles. The average Bonchev–Trinajstić information content (AvgIpc) is 3.08. The van der Waals surface area contributed by atoms with Crippen LogP contribution >= 0.6 is 0 Å². The largest absolute Gasteiger partial charge is 0.378 e. The Balaban J connectivity index is 1.76. The van der Waals surface area contributed by atoms with Gasteiger partial charge in [0.05, 0.1) is 18.3 Å². The first-order chi connectivity index (χ1) is 12.8. The molecule has 1 fully saturated rings. The van der Waals surface area contributed by atoms with Crippen molar-refractivity contribution in [2.75, 3.05) is 19.7 Å². The molecule has 26 heavy (non-hydrogen) atoms. The van der Waals surface area contributed by atoms with Crippen molar-refractivity contribution in [2.24, 2.45) is 4.99 Å². The lowest BCUT2D eigenvalue weighted by Gasteiger charge is -2.22. The van der Waals surface area contributed by atoms with E-state index < -0.39 is 0 Å². The highest BCUT2D eigenvalue weighted by Gasteiger charge is 2.14. The monoisotopic (exact) mass is 364 g/mol. The number of hydrogen-bond donors (Lipinski definition) is 2. The molecule has 1 saturated carbocycles. The third-order valence-corrected chi connectivity index (χ3v) is 4.87. The van der Waals surface area contributed by atoms with Crippen molar-refractivity contribution >= 4 is 5.96 Å². The molecule has 0 atom stereocenters. The fraction of sp³-hybridized carbons (Fsp3) is 0.800. The summed E-state index contributed by atoms with van der Waals surface area (Å²) in [5, 5.41) is 10.9. The minimum Gasteiger partial charge on any atom is -0.378 e. The van der Waals surface area contributed by atoms with Gasteiger partial charge in [-0.15, -0.1) is 0 Å². The lowest BCUT2D eigenvalue weighted by atomic mass is 9.98. The number of aromatic nitrogens is 1. The number of rotatable bonds is 10. The van der Waals surface area contributed by atoms with Crippen molar-refractivity contribution in [1.82, 2.24) is 15.8 Å². The first-order valence-corrected chi connectivity index (χ1v) is 10.4. The fourth-order valence-corrected chi connectivity index (χ4v) is 3.38. The molecule has 1 aliphatic rings. The molecule has 0 unspecified atom stereocenters. The maximum absolute atomic E-state index is 5.98. The van der Waals surface area contributed by atoms with Crippen LogP contribution in [0.5, 0.6) is 0 Å². The Kier molecular flexibility index (Phi) is 9.53. The maximum atomic E-state index is 5.98. The number of nitrogens with zero attached hydrogens (tertiary/aromatic N) is 2. The van der Waals surface area contributed by atoms with E-state index in [1.165, 1.54) is 32.1 Å². The van der Waals surface area contributed by atoms with Gasteiger partial charge in [0.1, 0.15) is 5.76 Å². The van der Waals surface area contributed by atoms with Gasteiger partial charge in [0.15, 0.2) is 5.96 Å². The van der Waals surface area contributed by atoms with Crippen LogP contribution in [0, 0.1) is 0 Å². The molecule has 6 heteroatoms. The van der Waals surface area contributed by atoms with Gasteiger partial charge in [-0.1, -0.05) is 38.3 Å². The third kappa shape index (κ3) is 6.63. The Labute approximate surface area is 158 Å². The zero-order valence-corrected chi connectivity index (χ0v) is 16.8. The number of aryl methyl sites for hydroxylation is 2. The summed E-state index contributed by atoms with van der Waals surface area (Å²) >= 11 is 0. The van der Waals surface area contributed by atoms with Gasteiger partial charge in [-0.25, -0.2) is 4.99 Å². The topological polar surface area (TPSA) is 71.7 Å². The quantitative estimate of drug-likeness (QED) is 0.377. The van der Waals surface area contributed by atoms with E-state index in [9.17, 15) is 0 Å². The summed E-state index contributed by atoms with van der Waals surface area (Å²) in [5.41, 5.74) is 2.15. The predicted molar refractivity (Wildman–Crippen MR) is 106 cm³/mol. The van der Waals surface area contributed by atoms with Gasteiger partial charge in [-0.2, -0.15) is 0 Å². The van der Waals surface area contributed by atoms with Crippen LogP contribution in [0.25, 0.3) is 0 Å². The highest BCUT2D eigenvalue weighted by atomic mass is 16.5. The standard InChI is InChI=1S/C20H36N4O2/c1-4-18-17(19(5-2)26-24-18)15-23-20(21-6-3)22-13-10-14-25-16-11-8-7-9-12-16/h16H,4-15H2,1-3H3,(H2,21,22,23). The van der Waals surface area contributed by atoms with E-state index in [0.29, 0.717) is 12.6 Å². The Morgan fingerprint density at radius 2 is 1.96 bits per heavy atom. The molecule has 1 heterocycles. The molecule has 0 aromatic carbocycles. The van der Waals surface area contributed by atoms with Gasteiger partial charge in [0.25, 0.3) is 0 Å². The van der Waals surface area contributed by atoms with Gasteiger partial charge < -0.3 is 19.9 Å². The number of hydrogen-bond acceptors (Lipinski definition) is 4. The smallest absolute Gasteiger partial charge is 0.191 e. The van der Waals surface area contributed by atoms with Crippen LogP contribution in [0.2, 0.25) is 0 Å². The van der Waals surface area contributed by atoms with Gasteiger partial charge in [-0.3, -0.25) is 0 Å². The van der Waals surface area contributed by atoms with Crippen molar-refractivity contribution in [3.05, 3.63) is 17.0 Å². The first-order valence-electron chi connectivity index (χ1n) is 10.4. The van der Waals surface area contributed by atoms with Crippen molar-refractivity contribution in [3.63, 3.8) is 0 Å². The Bertz CT molecular complexity index is 514. The lowest BCUT2D eigenvalue weighted by Crippen LogP contribution is -2.38. The van der Waals surface area contributed by atoms with Crippen LogP contribution in [0.1, 0.15) is 76.3 Å². The Morgan fingerprint density at radius 1 is 1.15 bits per heavy atom. The Hall–Kier alpha value is -1.56. The van der Waals surface area contributed by atoms with E-state index in [0.717, 1.165) is 61.9 Å². The molecule has 0 bridgehead atoms. The number of aliphatic imine (C=N–C) groups is 1. The molecule has 6 nitrogen and oxygen atoms in total. The second-order valence-electron chi connectivity index (χ2n) is 6.84. The number of guanidine groups is 1. The molecule has 148 valence electrons. The second kappa shape index (κ2) is 11.9. The molecular weight excluding hydrogens is 328 g/mol. The Morgan fingerprint density at radius 3 is 2.65 bits per heavy atom. The van der Waals surface area contributed by atoms with Crippen molar-refractivity contribution < 1.29 is 9.26 Å². The molecule has 1 aromatic heterocycles. The molecule has 0 aliphatic heterocycles. The lowest BCUT2D eigenvalue weighted by molar-refractivity contribution is 0.0277. The van der Waals surface area contributed by atoms with Crippen LogP contribution < -0.4 is 10.6 Å². The third-order valence-electron chi connectivity index (χ3n) is 4.87. The van der Waals surface area contributed by atoms with Gasteiger partial charge in [0.2, 0.25) is 0 Å². The van der Waals surface area contributed by atoms with Gasteiger partial charge in [0, 0.05) is 31.7 Å². The molecule has 0 radical (unpaired) electrons. The second-order valence-corrected chi connectivity index (χ2v) is 6.84. The molecule has 1 aromatic rings. The molecular formula is C20H36N4O2. The average molecular weight is 365 g/mol. The summed E-state index contributed by atoms with van der Waals surface area (Å²) in [6.45, 7) is 9.40. The number of ether oxygens (including phenoxy) is 1. The summed E-state index contributed by atoms with van der Waals surface area (Å²) in [5.74, 6) is 1.79. The van der Waals surface area contributed by atoms with Crippen molar-refractivity contribution in [3.8, 4) is 0 Å². The summed E-state index contributed by atoms with van der Waals surface area (Å²) in [4.78, 5) is 4.71. The van der Waals surface area contributed by atoms with Crippen molar-refractivity contribution in [1.29, 1.82) is 0 Å². The van der Waals surface area contributed by atoms with E-state index in [-0.39, 0.29) is 0 Å². The van der Waals surface area contributed by atoms with Crippen LogP contribution in [0.3, 0.4) is 0 Å². The molecule has 2 N–H and O–H groups in total. The highest BCUT2D eigenvalue weighted by molar-refractivity contribution is 5.79. The fourth-order valence-electron chi connectivity index (χ4n) is 3.38. The van der Waals surface area contributed by atoms with E-state index in [1.807, 2.05) is 0 Å². The molecule has 0 amide bonds. The van der Waals surface area contributed by atoms with Crippen molar-refractivity contribution in [2.45, 2.75) is 84.8 Å². The molecule has 2 rings (SSSR count). The zero-order valence-electron chi connectivity index (χ0n) is 16.8. The summed E-state index contributed by atoms with van der Waals surface area (Å²) in [7, 11) is 0. The van der Waals surface area contributed by atoms with E-state index in [2.05, 4.69) is 36.6 Å². The molecule has 0 spiro atoms. The summed E-state index contributed by atoms with van der Waals surface area (Å²) in [6, 6.07) is 0. The highest BCUT2D eigenvalue weighted by Crippen LogP contribution is 2.20. The summed E-state index contributed by atoms with van der Waals surface area (Å²) < 4.78 is 11.4. The minimum atomic E-state index is 0.485. The first kappa shape index (κ1) is 20.7. The van der Waals surface area contributed by atoms with Crippen LogP contribution in [-0.2, 0) is 24.1 Å². The van der Waals surface area contributed by atoms with E-state index in [1.54, 1.807) is 0 Å². The maximum Gasteiger partial charge on any atom is 0.191 e. The number of nitrogens with one attached hydrogen (secondary N) is 2. The van der Waals surface area contributed by atoms with Gasteiger partial charge >= 0.3 is 0 Å². The molecule has 0 saturated heterocycles. The van der Waals surface area contributed by atoms with Crippen LogP contribution in [0.4, 0.5) is 0 Å².